The third-order valence-corrected chi connectivity index (χ3v) is 3.57. The summed E-state index contributed by atoms with van der Waals surface area (Å²) < 4.78 is 0. The lowest BCUT2D eigenvalue weighted by Crippen LogP contribution is -2.53. The number of amides is 1. The van der Waals surface area contributed by atoms with Crippen molar-refractivity contribution in [1.82, 2.24) is 15.1 Å². The van der Waals surface area contributed by atoms with Crippen molar-refractivity contribution < 1.29 is 14.7 Å². The maximum absolute atomic E-state index is 12.0. The lowest BCUT2D eigenvalue weighted by Gasteiger charge is -2.36. The molecule has 0 aromatic rings. The third-order valence-electron chi connectivity index (χ3n) is 3.57. The van der Waals surface area contributed by atoms with Crippen molar-refractivity contribution in [3.05, 3.63) is 0 Å². The summed E-state index contributed by atoms with van der Waals surface area (Å²) in [5, 5.41) is 12.3. The van der Waals surface area contributed by atoms with Crippen LogP contribution >= 0.6 is 0 Å². The second kappa shape index (κ2) is 7.04. The molecule has 0 saturated carbocycles. The molecule has 0 aromatic carbocycles. The second-order valence-electron chi connectivity index (χ2n) is 6.36. The van der Waals surface area contributed by atoms with Gasteiger partial charge < -0.3 is 15.3 Å². The van der Waals surface area contributed by atoms with E-state index in [9.17, 15) is 9.59 Å². The van der Waals surface area contributed by atoms with Gasteiger partial charge in [0.25, 0.3) is 0 Å². The van der Waals surface area contributed by atoms with E-state index in [4.69, 9.17) is 5.11 Å². The normalized spacial score (nSPS) is 18.9. The molecule has 1 aliphatic rings. The molecule has 1 atom stereocenters. The van der Waals surface area contributed by atoms with Crippen LogP contribution in [0.2, 0.25) is 0 Å². The molecule has 1 rings (SSSR count). The van der Waals surface area contributed by atoms with Gasteiger partial charge in [0.05, 0.1) is 0 Å². The Balaban J connectivity index is 2.30. The molecule has 1 saturated heterocycles. The lowest BCUT2D eigenvalue weighted by atomic mass is 10.1. The van der Waals surface area contributed by atoms with Crippen molar-refractivity contribution in [2.45, 2.75) is 45.7 Å². The zero-order valence-electron chi connectivity index (χ0n) is 13.0. The first-order valence-corrected chi connectivity index (χ1v) is 7.20. The largest absolute Gasteiger partial charge is 0.480 e. The van der Waals surface area contributed by atoms with Gasteiger partial charge in [-0.3, -0.25) is 14.5 Å². The molecule has 1 heterocycles. The molecule has 1 unspecified atom stereocenters. The SMILES string of the molecule is CC(C(=O)O)N1CCN(C(=O)CCNC(C)(C)C)CC1. The monoisotopic (exact) mass is 285 g/mol. The summed E-state index contributed by atoms with van der Waals surface area (Å²) in [5.74, 6) is -0.663. The van der Waals surface area contributed by atoms with E-state index in [1.54, 1.807) is 6.92 Å². The fourth-order valence-electron chi connectivity index (χ4n) is 2.22. The van der Waals surface area contributed by atoms with Crippen LogP contribution in [0.25, 0.3) is 0 Å². The Morgan fingerprint density at radius 2 is 1.75 bits per heavy atom. The van der Waals surface area contributed by atoms with Crippen molar-refractivity contribution in [2.24, 2.45) is 0 Å². The molecule has 1 amide bonds. The third kappa shape index (κ3) is 5.46. The Hall–Kier alpha value is -1.14. The van der Waals surface area contributed by atoms with Gasteiger partial charge in [-0.05, 0) is 27.7 Å². The van der Waals surface area contributed by atoms with Gasteiger partial charge in [-0.15, -0.1) is 0 Å². The summed E-state index contributed by atoms with van der Waals surface area (Å²) in [6.45, 7) is 11.1. The van der Waals surface area contributed by atoms with E-state index in [1.165, 1.54) is 0 Å². The van der Waals surface area contributed by atoms with Crippen LogP contribution in [0.4, 0.5) is 0 Å². The zero-order valence-corrected chi connectivity index (χ0v) is 13.0. The van der Waals surface area contributed by atoms with Gasteiger partial charge in [0.1, 0.15) is 6.04 Å². The van der Waals surface area contributed by atoms with Gasteiger partial charge in [-0.2, -0.15) is 0 Å². The molecule has 0 bridgehead atoms. The minimum absolute atomic E-state index is 0.0237. The maximum atomic E-state index is 12.0. The molecule has 1 fully saturated rings. The van der Waals surface area contributed by atoms with E-state index < -0.39 is 12.0 Å². The summed E-state index contributed by atoms with van der Waals surface area (Å²) >= 11 is 0. The number of nitrogens with one attached hydrogen (secondary N) is 1. The highest BCUT2D eigenvalue weighted by molar-refractivity contribution is 5.76. The first kappa shape index (κ1) is 16.9. The quantitative estimate of drug-likeness (QED) is 0.764. The van der Waals surface area contributed by atoms with Crippen LogP contribution in [0.1, 0.15) is 34.1 Å². The van der Waals surface area contributed by atoms with Crippen LogP contribution < -0.4 is 5.32 Å². The molecular weight excluding hydrogens is 258 g/mol. The van der Waals surface area contributed by atoms with Crippen molar-refractivity contribution in [1.29, 1.82) is 0 Å². The molecule has 116 valence electrons. The molecule has 0 aliphatic carbocycles. The minimum Gasteiger partial charge on any atom is -0.480 e. The average Bonchev–Trinajstić information content (AvgIpc) is 2.36. The first-order chi connectivity index (χ1) is 9.20. The highest BCUT2D eigenvalue weighted by Crippen LogP contribution is 2.08. The van der Waals surface area contributed by atoms with Crippen molar-refractivity contribution in [3.63, 3.8) is 0 Å². The van der Waals surface area contributed by atoms with E-state index in [2.05, 4.69) is 26.1 Å². The van der Waals surface area contributed by atoms with Crippen molar-refractivity contribution in [3.8, 4) is 0 Å². The Bertz CT molecular complexity index is 344. The van der Waals surface area contributed by atoms with E-state index >= 15 is 0 Å². The number of carbonyl (C=O) groups excluding carboxylic acids is 1. The molecule has 0 spiro atoms. The molecule has 0 radical (unpaired) electrons. The van der Waals surface area contributed by atoms with Gasteiger partial charge in [0.15, 0.2) is 0 Å². The second-order valence-corrected chi connectivity index (χ2v) is 6.36. The topological polar surface area (TPSA) is 72.9 Å². The number of aliphatic carboxylic acids is 1. The summed E-state index contributed by atoms with van der Waals surface area (Å²) in [6, 6.07) is -0.477. The fraction of sp³-hybridized carbons (Fsp3) is 0.857. The number of hydrogen-bond acceptors (Lipinski definition) is 4. The van der Waals surface area contributed by atoms with Crippen LogP contribution in [0, 0.1) is 0 Å². The van der Waals surface area contributed by atoms with Gasteiger partial charge >= 0.3 is 5.97 Å². The highest BCUT2D eigenvalue weighted by atomic mass is 16.4. The lowest BCUT2D eigenvalue weighted by molar-refractivity contribution is -0.144. The van der Waals surface area contributed by atoms with Crippen LogP contribution in [-0.2, 0) is 9.59 Å². The molecule has 6 nitrogen and oxygen atoms in total. The number of carbonyl (C=O) groups is 2. The van der Waals surface area contributed by atoms with Gasteiger partial charge in [0.2, 0.25) is 5.91 Å². The molecule has 6 heteroatoms. The molecule has 1 aliphatic heterocycles. The number of hydrogen-bond donors (Lipinski definition) is 2. The summed E-state index contributed by atoms with van der Waals surface area (Å²) in [7, 11) is 0. The molecule has 2 N–H and O–H groups in total. The van der Waals surface area contributed by atoms with Gasteiger partial charge in [-0.1, -0.05) is 0 Å². The predicted molar refractivity (Wildman–Crippen MR) is 77.6 cm³/mol. The van der Waals surface area contributed by atoms with E-state index in [-0.39, 0.29) is 11.4 Å². The van der Waals surface area contributed by atoms with E-state index in [1.807, 2.05) is 9.80 Å². The number of carboxylic acid groups (broad SMARTS) is 1. The number of carboxylic acids is 1. The number of nitrogens with zero attached hydrogens (tertiary/aromatic N) is 2. The molecule has 20 heavy (non-hydrogen) atoms. The Labute approximate surface area is 121 Å². The highest BCUT2D eigenvalue weighted by Gasteiger charge is 2.26. The standard InChI is InChI=1S/C14H27N3O3/c1-11(13(19)20)16-7-9-17(10-8-16)12(18)5-6-15-14(2,3)4/h11,15H,5-10H2,1-4H3,(H,19,20). The first-order valence-electron chi connectivity index (χ1n) is 7.20. The summed E-state index contributed by atoms with van der Waals surface area (Å²) in [4.78, 5) is 26.7. The average molecular weight is 285 g/mol. The van der Waals surface area contributed by atoms with Gasteiger partial charge in [-0.25, -0.2) is 0 Å². The maximum Gasteiger partial charge on any atom is 0.320 e. The number of rotatable bonds is 5. The Morgan fingerprint density at radius 1 is 1.20 bits per heavy atom. The van der Waals surface area contributed by atoms with Crippen LogP contribution in [0.5, 0.6) is 0 Å². The van der Waals surface area contributed by atoms with Crippen LogP contribution in [0.15, 0.2) is 0 Å². The fourth-order valence-corrected chi connectivity index (χ4v) is 2.22. The Kier molecular flexibility index (Phi) is 5.95. The zero-order chi connectivity index (χ0) is 15.3. The Morgan fingerprint density at radius 3 is 2.20 bits per heavy atom. The summed E-state index contributed by atoms with van der Waals surface area (Å²) in [5.41, 5.74) is 0.0237. The van der Waals surface area contributed by atoms with Crippen LogP contribution in [-0.4, -0.2) is 71.1 Å². The van der Waals surface area contributed by atoms with Gasteiger partial charge in [0, 0.05) is 44.7 Å². The summed E-state index contributed by atoms with van der Waals surface area (Å²) in [6.07, 6.45) is 0.492. The van der Waals surface area contributed by atoms with E-state index in [0.29, 0.717) is 39.1 Å². The minimum atomic E-state index is -0.806. The molecular formula is C14H27N3O3. The number of piperazine rings is 1. The van der Waals surface area contributed by atoms with Crippen molar-refractivity contribution in [2.75, 3.05) is 32.7 Å². The smallest absolute Gasteiger partial charge is 0.320 e. The predicted octanol–water partition coefficient (Wildman–Crippen LogP) is 0.382. The van der Waals surface area contributed by atoms with E-state index in [0.717, 1.165) is 0 Å². The molecule has 0 aromatic heterocycles. The van der Waals surface area contributed by atoms with Crippen molar-refractivity contribution >= 4 is 11.9 Å². The van der Waals surface area contributed by atoms with Crippen LogP contribution in [0.3, 0.4) is 0 Å².